The highest BCUT2D eigenvalue weighted by molar-refractivity contribution is 6.08. The van der Waals surface area contributed by atoms with E-state index in [1.165, 1.54) is 0 Å². The molecule has 0 saturated heterocycles. The summed E-state index contributed by atoms with van der Waals surface area (Å²) < 4.78 is 5.54. The van der Waals surface area contributed by atoms with Gasteiger partial charge in [0.15, 0.2) is 5.78 Å². The molecule has 0 bridgehead atoms. The number of rotatable bonds is 4. The average Bonchev–Trinajstić information content (AvgIpc) is 2.79. The number of ether oxygens (including phenoxy) is 1. The summed E-state index contributed by atoms with van der Waals surface area (Å²) in [4.78, 5) is 28.4. The first-order valence-electron chi connectivity index (χ1n) is 11.0. The molecule has 1 aliphatic carbocycles. The molecule has 0 fully saturated rings. The lowest BCUT2D eigenvalue weighted by molar-refractivity contribution is -0.119. The van der Waals surface area contributed by atoms with Gasteiger partial charge in [-0.05, 0) is 60.4 Å². The first-order chi connectivity index (χ1) is 15.2. The third-order valence-electron chi connectivity index (χ3n) is 6.28. The molecule has 2 aliphatic rings. The Kier molecular flexibility index (Phi) is 5.06. The van der Waals surface area contributed by atoms with Crippen LogP contribution in [0.5, 0.6) is 5.75 Å². The third-order valence-corrected chi connectivity index (χ3v) is 6.28. The first kappa shape index (κ1) is 19.6. The van der Waals surface area contributed by atoms with E-state index in [2.05, 4.69) is 24.3 Å². The molecule has 0 N–H and O–H groups in total. The Bertz CT molecular complexity index is 1190. The van der Waals surface area contributed by atoms with Gasteiger partial charge in [-0.3, -0.25) is 14.5 Å². The van der Waals surface area contributed by atoms with Gasteiger partial charge in [-0.25, -0.2) is 0 Å². The number of nitrogens with zero attached hydrogens (tertiary/aromatic N) is 1. The van der Waals surface area contributed by atoms with Gasteiger partial charge in [0.2, 0.25) is 5.91 Å². The van der Waals surface area contributed by atoms with Gasteiger partial charge in [-0.1, -0.05) is 42.5 Å². The Labute approximate surface area is 182 Å². The van der Waals surface area contributed by atoms with E-state index in [0.717, 1.165) is 51.9 Å². The standard InChI is InChI=1S/C27H25NO3/c1-2-31-20-15-13-19(14-16-20)28-24-11-6-12-25(29)27(24)23(17-26(28)30)22-10-5-8-18-7-3-4-9-21(18)22/h3-5,7-10,13-16,23H,2,6,11-12,17H2,1H3. The minimum atomic E-state index is -0.194. The lowest BCUT2D eigenvalue weighted by atomic mass is 9.76. The zero-order chi connectivity index (χ0) is 21.4. The van der Waals surface area contributed by atoms with Crippen LogP contribution in [0.15, 0.2) is 78.0 Å². The molecule has 31 heavy (non-hydrogen) atoms. The van der Waals surface area contributed by atoms with Gasteiger partial charge in [-0.15, -0.1) is 0 Å². The Hall–Kier alpha value is -3.40. The number of carbonyl (C=O) groups is 2. The van der Waals surface area contributed by atoms with Crippen LogP contribution in [0.1, 0.15) is 44.1 Å². The number of benzene rings is 3. The summed E-state index contributed by atoms with van der Waals surface area (Å²) in [5.41, 5.74) is 3.55. The average molecular weight is 412 g/mol. The number of Topliss-reactive ketones (excluding diaryl/α,β-unsaturated/α-hetero) is 1. The monoisotopic (exact) mass is 411 g/mol. The number of anilines is 1. The number of allylic oxidation sites excluding steroid dienone is 2. The van der Waals surface area contributed by atoms with Crippen LogP contribution in [0.2, 0.25) is 0 Å². The molecule has 0 radical (unpaired) electrons. The molecule has 0 aromatic heterocycles. The van der Waals surface area contributed by atoms with Crippen LogP contribution < -0.4 is 9.64 Å². The van der Waals surface area contributed by atoms with Crippen LogP contribution in [-0.2, 0) is 9.59 Å². The molecule has 1 heterocycles. The Balaban J connectivity index is 1.64. The number of fused-ring (bicyclic) bond motifs is 1. The van der Waals surface area contributed by atoms with E-state index in [1.54, 1.807) is 4.90 Å². The maximum Gasteiger partial charge on any atom is 0.232 e. The SMILES string of the molecule is CCOc1ccc(N2C(=O)CC(c3cccc4ccccc34)C3=C2CCCC3=O)cc1. The van der Waals surface area contributed by atoms with Gasteiger partial charge in [0.25, 0.3) is 0 Å². The topological polar surface area (TPSA) is 46.6 Å². The zero-order valence-electron chi connectivity index (χ0n) is 17.6. The molecule has 1 atom stereocenters. The quantitative estimate of drug-likeness (QED) is 0.548. The molecule has 1 aliphatic heterocycles. The molecule has 4 nitrogen and oxygen atoms in total. The van der Waals surface area contributed by atoms with Crippen LogP contribution >= 0.6 is 0 Å². The van der Waals surface area contributed by atoms with Crippen LogP contribution in [0.4, 0.5) is 5.69 Å². The maximum absolute atomic E-state index is 13.4. The predicted octanol–water partition coefficient (Wildman–Crippen LogP) is 5.77. The van der Waals surface area contributed by atoms with Gasteiger partial charge in [0.05, 0.1) is 6.61 Å². The van der Waals surface area contributed by atoms with Crippen molar-refractivity contribution in [1.82, 2.24) is 0 Å². The summed E-state index contributed by atoms with van der Waals surface area (Å²) in [6.07, 6.45) is 2.36. The highest BCUT2D eigenvalue weighted by atomic mass is 16.5. The van der Waals surface area contributed by atoms with E-state index in [9.17, 15) is 9.59 Å². The summed E-state index contributed by atoms with van der Waals surface area (Å²) in [6.45, 7) is 2.54. The Morgan fingerprint density at radius 3 is 2.52 bits per heavy atom. The maximum atomic E-state index is 13.4. The van der Waals surface area contributed by atoms with Gasteiger partial charge < -0.3 is 4.74 Å². The van der Waals surface area contributed by atoms with Crippen molar-refractivity contribution in [3.63, 3.8) is 0 Å². The zero-order valence-corrected chi connectivity index (χ0v) is 17.6. The summed E-state index contributed by atoms with van der Waals surface area (Å²) in [7, 11) is 0. The van der Waals surface area contributed by atoms with Crippen LogP contribution in [0, 0.1) is 0 Å². The van der Waals surface area contributed by atoms with Crippen LogP contribution in [0.3, 0.4) is 0 Å². The number of hydrogen-bond donors (Lipinski definition) is 0. The van der Waals surface area contributed by atoms with E-state index >= 15 is 0 Å². The Morgan fingerprint density at radius 1 is 0.935 bits per heavy atom. The number of amides is 1. The first-order valence-corrected chi connectivity index (χ1v) is 11.0. The summed E-state index contributed by atoms with van der Waals surface area (Å²) in [6, 6.07) is 21.9. The molecule has 5 rings (SSSR count). The number of ketones is 1. The lowest BCUT2D eigenvalue weighted by Crippen LogP contribution is -2.40. The van der Waals surface area contributed by atoms with E-state index in [0.29, 0.717) is 19.4 Å². The van der Waals surface area contributed by atoms with E-state index in [4.69, 9.17) is 4.74 Å². The molecule has 1 unspecified atom stereocenters. The van der Waals surface area contributed by atoms with Crippen LogP contribution in [0.25, 0.3) is 10.8 Å². The summed E-state index contributed by atoms with van der Waals surface area (Å²) in [5.74, 6) is 0.789. The molecule has 4 heteroatoms. The number of carbonyl (C=O) groups excluding carboxylic acids is 2. The highest BCUT2D eigenvalue weighted by Gasteiger charge is 2.40. The molecule has 156 valence electrons. The van der Waals surface area contributed by atoms with Crippen molar-refractivity contribution in [3.8, 4) is 5.75 Å². The predicted molar refractivity (Wildman–Crippen MR) is 122 cm³/mol. The molecule has 3 aromatic carbocycles. The fraction of sp³-hybridized carbons (Fsp3) is 0.259. The highest BCUT2D eigenvalue weighted by Crippen LogP contribution is 2.45. The lowest BCUT2D eigenvalue weighted by Gasteiger charge is -2.38. The molecular weight excluding hydrogens is 386 g/mol. The van der Waals surface area contributed by atoms with E-state index in [1.807, 2.05) is 49.4 Å². The molecular formula is C27H25NO3. The van der Waals surface area contributed by atoms with Gasteiger partial charge >= 0.3 is 0 Å². The third kappa shape index (κ3) is 3.42. The van der Waals surface area contributed by atoms with Gasteiger partial charge in [0.1, 0.15) is 5.75 Å². The molecule has 0 saturated carbocycles. The second-order valence-corrected chi connectivity index (χ2v) is 8.12. The van der Waals surface area contributed by atoms with Crippen molar-refractivity contribution < 1.29 is 14.3 Å². The van der Waals surface area contributed by atoms with Gasteiger partial charge in [0, 0.05) is 35.7 Å². The van der Waals surface area contributed by atoms with Crippen molar-refractivity contribution in [2.24, 2.45) is 0 Å². The second-order valence-electron chi connectivity index (χ2n) is 8.12. The van der Waals surface area contributed by atoms with E-state index in [-0.39, 0.29) is 17.6 Å². The van der Waals surface area contributed by atoms with Crippen molar-refractivity contribution in [1.29, 1.82) is 0 Å². The van der Waals surface area contributed by atoms with Crippen molar-refractivity contribution in [2.45, 2.75) is 38.5 Å². The summed E-state index contributed by atoms with van der Waals surface area (Å²) >= 11 is 0. The van der Waals surface area contributed by atoms with Gasteiger partial charge in [-0.2, -0.15) is 0 Å². The minimum Gasteiger partial charge on any atom is -0.494 e. The summed E-state index contributed by atoms with van der Waals surface area (Å²) in [5, 5.41) is 2.24. The fourth-order valence-corrected chi connectivity index (χ4v) is 4.97. The second kappa shape index (κ2) is 8.03. The minimum absolute atomic E-state index is 0.0375. The normalized spacial score (nSPS) is 19.0. The fourth-order valence-electron chi connectivity index (χ4n) is 4.97. The largest absolute Gasteiger partial charge is 0.494 e. The smallest absolute Gasteiger partial charge is 0.232 e. The molecule has 1 amide bonds. The molecule has 0 spiro atoms. The number of hydrogen-bond acceptors (Lipinski definition) is 3. The van der Waals surface area contributed by atoms with Crippen LogP contribution in [-0.4, -0.2) is 18.3 Å². The Morgan fingerprint density at radius 2 is 1.71 bits per heavy atom. The van der Waals surface area contributed by atoms with Crippen molar-refractivity contribution >= 4 is 28.2 Å². The van der Waals surface area contributed by atoms with Crippen molar-refractivity contribution in [3.05, 3.63) is 83.6 Å². The van der Waals surface area contributed by atoms with Crippen molar-refractivity contribution in [2.75, 3.05) is 11.5 Å². The molecule has 3 aromatic rings. The van der Waals surface area contributed by atoms with E-state index < -0.39 is 0 Å².